The topological polar surface area (TPSA) is 73.1 Å². The summed E-state index contributed by atoms with van der Waals surface area (Å²) in [6.07, 6.45) is 1.31. The Kier molecular flexibility index (Phi) is 3.73. The van der Waals surface area contributed by atoms with Gasteiger partial charge in [-0.25, -0.2) is 20.2 Å². The van der Waals surface area contributed by atoms with Crippen molar-refractivity contribution in [3.8, 4) is 11.6 Å². The van der Waals surface area contributed by atoms with E-state index >= 15 is 0 Å². The molecule has 3 N–H and O–H groups in total. The van der Waals surface area contributed by atoms with Crippen LogP contribution in [0.3, 0.4) is 0 Å². The molecule has 0 spiro atoms. The van der Waals surface area contributed by atoms with Crippen LogP contribution < -0.4 is 16.0 Å². The summed E-state index contributed by atoms with van der Waals surface area (Å²) in [6.45, 7) is 1.75. The molecule has 0 radical (unpaired) electrons. The standard InChI is InChI=1S/C11H10BrFN4O/c1-6-4-7(13)2-3-8(6)18-11-9(12)10(17-14)15-5-16-11/h2-5H,14H2,1H3,(H,15,16,17). The van der Waals surface area contributed by atoms with Crippen molar-refractivity contribution in [2.75, 3.05) is 5.43 Å². The Morgan fingerprint density at radius 2 is 2.17 bits per heavy atom. The second-order valence-corrected chi connectivity index (χ2v) is 4.29. The van der Waals surface area contributed by atoms with Crippen molar-refractivity contribution in [3.05, 3.63) is 40.4 Å². The monoisotopic (exact) mass is 312 g/mol. The minimum atomic E-state index is -0.314. The number of benzene rings is 1. The lowest BCUT2D eigenvalue weighted by Gasteiger charge is -2.10. The Labute approximate surface area is 111 Å². The number of aryl methyl sites for hydroxylation is 1. The van der Waals surface area contributed by atoms with Crippen LogP contribution in [0.15, 0.2) is 29.0 Å². The fraction of sp³-hybridized carbons (Fsp3) is 0.0909. The van der Waals surface area contributed by atoms with E-state index in [2.05, 4.69) is 31.3 Å². The van der Waals surface area contributed by atoms with E-state index in [1.807, 2.05) is 0 Å². The number of aromatic nitrogens is 2. The maximum atomic E-state index is 13.0. The summed E-state index contributed by atoms with van der Waals surface area (Å²) in [6, 6.07) is 4.24. The zero-order valence-corrected chi connectivity index (χ0v) is 11.0. The molecule has 0 saturated carbocycles. The third-order valence-corrected chi connectivity index (χ3v) is 2.95. The third kappa shape index (κ3) is 2.57. The number of ether oxygens (including phenoxy) is 1. The highest BCUT2D eigenvalue weighted by atomic mass is 79.9. The van der Waals surface area contributed by atoms with Crippen molar-refractivity contribution in [1.82, 2.24) is 9.97 Å². The normalized spacial score (nSPS) is 10.2. The number of halogens is 2. The lowest BCUT2D eigenvalue weighted by Crippen LogP contribution is -2.10. The van der Waals surface area contributed by atoms with Gasteiger partial charge in [-0.05, 0) is 46.6 Å². The van der Waals surface area contributed by atoms with E-state index in [9.17, 15) is 4.39 Å². The number of nitrogen functional groups attached to an aromatic ring is 1. The van der Waals surface area contributed by atoms with Crippen LogP contribution in [0.5, 0.6) is 11.6 Å². The summed E-state index contributed by atoms with van der Waals surface area (Å²) in [7, 11) is 0. The average molecular weight is 313 g/mol. The SMILES string of the molecule is Cc1cc(F)ccc1Oc1ncnc(NN)c1Br. The van der Waals surface area contributed by atoms with Crippen LogP contribution in [0.1, 0.15) is 5.56 Å². The second-order valence-electron chi connectivity index (χ2n) is 3.50. The number of rotatable bonds is 3. The molecule has 0 aliphatic rings. The van der Waals surface area contributed by atoms with Gasteiger partial charge in [-0.3, -0.25) is 0 Å². The molecule has 94 valence electrons. The predicted octanol–water partition coefficient (Wildman–Crippen LogP) is 2.76. The van der Waals surface area contributed by atoms with Crippen LogP contribution in [0.4, 0.5) is 10.2 Å². The number of hydrogen-bond acceptors (Lipinski definition) is 5. The minimum Gasteiger partial charge on any atom is -0.437 e. The molecule has 1 aromatic heterocycles. The molecule has 0 amide bonds. The molecule has 18 heavy (non-hydrogen) atoms. The summed E-state index contributed by atoms with van der Waals surface area (Å²) >= 11 is 3.27. The molecule has 0 unspecified atom stereocenters. The molecule has 7 heteroatoms. The Hall–Kier alpha value is -1.73. The van der Waals surface area contributed by atoms with Gasteiger partial charge in [0, 0.05) is 0 Å². The van der Waals surface area contributed by atoms with Gasteiger partial charge in [0.15, 0.2) is 5.82 Å². The first-order valence-electron chi connectivity index (χ1n) is 5.03. The van der Waals surface area contributed by atoms with Crippen molar-refractivity contribution < 1.29 is 9.13 Å². The number of nitrogens with zero attached hydrogens (tertiary/aromatic N) is 2. The number of hydrazine groups is 1. The molecule has 1 heterocycles. The molecule has 0 saturated heterocycles. The molecule has 2 rings (SSSR count). The van der Waals surface area contributed by atoms with Crippen molar-refractivity contribution in [2.45, 2.75) is 6.92 Å². The fourth-order valence-corrected chi connectivity index (χ4v) is 1.76. The van der Waals surface area contributed by atoms with E-state index in [0.29, 0.717) is 27.5 Å². The highest BCUT2D eigenvalue weighted by Gasteiger charge is 2.11. The average Bonchev–Trinajstić information content (AvgIpc) is 2.35. The molecule has 0 atom stereocenters. The van der Waals surface area contributed by atoms with E-state index < -0.39 is 0 Å². The van der Waals surface area contributed by atoms with Crippen LogP contribution in [0.2, 0.25) is 0 Å². The van der Waals surface area contributed by atoms with Crippen LogP contribution in [-0.4, -0.2) is 9.97 Å². The molecular formula is C11H10BrFN4O. The number of hydrogen-bond donors (Lipinski definition) is 2. The van der Waals surface area contributed by atoms with Crippen LogP contribution in [0, 0.1) is 12.7 Å². The van der Waals surface area contributed by atoms with Crippen LogP contribution >= 0.6 is 15.9 Å². The summed E-state index contributed by atoms with van der Waals surface area (Å²) in [5.74, 6) is 6.19. The van der Waals surface area contributed by atoms with Gasteiger partial charge in [-0.2, -0.15) is 0 Å². The molecule has 5 nitrogen and oxygen atoms in total. The maximum Gasteiger partial charge on any atom is 0.238 e. The fourth-order valence-electron chi connectivity index (χ4n) is 1.36. The predicted molar refractivity (Wildman–Crippen MR) is 68.8 cm³/mol. The van der Waals surface area contributed by atoms with Gasteiger partial charge in [0.2, 0.25) is 5.88 Å². The lowest BCUT2D eigenvalue weighted by molar-refractivity contribution is 0.453. The van der Waals surface area contributed by atoms with E-state index in [1.54, 1.807) is 6.92 Å². The Morgan fingerprint density at radius 1 is 1.39 bits per heavy atom. The largest absolute Gasteiger partial charge is 0.437 e. The molecule has 1 aromatic carbocycles. The number of nitrogens with one attached hydrogen (secondary N) is 1. The first kappa shape index (κ1) is 12.7. The first-order valence-corrected chi connectivity index (χ1v) is 5.82. The maximum absolute atomic E-state index is 13.0. The second kappa shape index (κ2) is 5.28. The van der Waals surface area contributed by atoms with Crippen molar-refractivity contribution in [3.63, 3.8) is 0 Å². The van der Waals surface area contributed by atoms with Gasteiger partial charge in [-0.1, -0.05) is 0 Å². The van der Waals surface area contributed by atoms with Crippen molar-refractivity contribution in [1.29, 1.82) is 0 Å². The molecule has 0 aliphatic carbocycles. The summed E-state index contributed by atoms with van der Waals surface area (Å²) in [5, 5.41) is 0. The smallest absolute Gasteiger partial charge is 0.238 e. The quantitative estimate of drug-likeness (QED) is 0.673. The van der Waals surface area contributed by atoms with Gasteiger partial charge in [0.05, 0.1) is 0 Å². The summed E-state index contributed by atoms with van der Waals surface area (Å²) in [4.78, 5) is 7.88. The zero-order valence-electron chi connectivity index (χ0n) is 9.45. The minimum absolute atomic E-state index is 0.299. The number of anilines is 1. The van der Waals surface area contributed by atoms with E-state index in [0.717, 1.165) is 0 Å². The Bertz CT molecular complexity index is 579. The summed E-state index contributed by atoms with van der Waals surface area (Å²) < 4.78 is 19.0. The van der Waals surface area contributed by atoms with Crippen molar-refractivity contribution >= 4 is 21.7 Å². The van der Waals surface area contributed by atoms with Crippen molar-refractivity contribution in [2.24, 2.45) is 5.84 Å². The van der Waals surface area contributed by atoms with E-state index in [1.165, 1.54) is 24.5 Å². The Morgan fingerprint density at radius 3 is 2.83 bits per heavy atom. The van der Waals surface area contributed by atoms with E-state index in [4.69, 9.17) is 10.6 Å². The van der Waals surface area contributed by atoms with E-state index in [-0.39, 0.29) is 5.82 Å². The molecule has 0 bridgehead atoms. The first-order chi connectivity index (χ1) is 8.61. The van der Waals surface area contributed by atoms with Crippen LogP contribution in [0.25, 0.3) is 0 Å². The van der Waals surface area contributed by atoms with Gasteiger partial charge in [0.1, 0.15) is 22.4 Å². The highest BCUT2D eigenvalue weighted by molar-refractivity contribution is 9.10. The lowest BCUT2D eigenvalue weighted by atomic mass is 10.2. The van der Waals surface area contributed by atoms with Gasteiger partial charge in [0.25, 0.3) is 0 Å². The van der Waals surface area contributed by atoms with Gasteiger partial charge < -0.3 is 10.2 Å². The van der Waals surface area contributed by atoms with Gasteiger partial charge >= 0.3 is 0 Å². The molecule has 0 aliphatic heterocycles. The highest BCUT2D eigenvalue weighted by Crippen LogP contribution is 2.32. The Balaban J connectivity index is 2.34. The van der Waals surface area contributed by atoms with Gasteiger partial charge in [-0.15, -0.1) is 0 Å². The molecular weight excluding hydrogens is 303 g/mol. The summed E-state index contributed by atoms with van der Waals surface area (Å²) in [5.41, 5.74) is 3.08. The zero-order chi connectivity index (χ0) is 13.1. The number of nitrogens with two attached hydrogens (primary N) is 1. The van der Waals surface area contributed by atoms with Crippen LogP contribution in [-0.2, 0) is 0 Å². The molecule has 0 fully saturated rings. The third-order valence-electron chi connectivity index (χ3n) is 2.24. The molecule has 2 aromatic rings.